The molecule has 0 aliphatic heterocycles. The third-order valence-electron chi connectivity index (χ3n) is 2.21. The molecule has 5 heteroatoms. The molecule has 4 N–H and O–H groups in total. The molecule has 0 aliphatic rings. The number of amides is 1. The summed E-state index contributed by atoms with van der Waals surface area (Å²) in [5.74, 6) is -1.73. The van der Waals surface area contributed by atoms with E-state index in [2.05, 4.69) is 11.1 Å². The van der Waals surface area contributed by atoms with E-state index in [0.717, 1.165) is 5.56 Å². The standard InChI is InChI=1S/C11H14N2O3/c1-7(11(15)16)13-10(14)9-4-2-8(6-12)3-5-9/h2-5,7H,6,12H2,1H3,(H,13,14)(H,15,16)/t7-/m1/s1. The maximum absolute atomic E-state index is 11.5. The van der Waals surface area contributed by atoms with E-state index >= 15 is 0 Å². The molecule has 0 saturated heterocycles. The summed E-state index contributed by atoms with van der Waals surface area (Å²) in [4.78, 5) is 22.0. The van der Waals surface area contributed by atoms with Crippen molar-refractivity contribution in [1.29, 1.82) is 0 Å². The Morgan fingerprint density at radius 3 is 2.38 bits per heavy atom. The molecule has 0 bridgehead atoms. The summed E-state index contributed by atoms with van der Waals surface area (Å²) in [6.07, 6.45) is 0. The predicted molar refractivity (Wildman–Crippen MR) is 55.0 cm³/mol. The van der Waals surface area contributed by atoms with Gasteiger partial charge in [-0.2, -0.15) is 0 Å². The smallest absolute Gasteiger partial charge is 0.251 e. The molecule has 0 heterocycles. The average molecular weight is 222 g/mol. The van der Waals surface area contributed by atoms with Crippen molar-refractivity contribution in [2.45, 2.75) is 19.5 Å². The lowest BCUT2D eigenvalue weighted by Gasteiger charge is -2.14. The largest absolute Gasteiger partial charge is 0.548 e. The number of benzene rings is 1. The summed E-state index contributed by atoms with van der Waals surface area (Å²) < 4.78 is 0. The lowest BCUT2D eigenvalue weighted by atomic mass is 10.1. The molecular formula is C11H14N2O3. The molecule has 5 nitrogen and oxygen atoms in total. The van der Waals surface area contributed by atoms with E-state index < -0.39 is 17.9 Å². The molecule has 0 radical (unpaired) electrons. The van der Waals surface area contributed by atoms with Gasteiger partial charge in [-0.05, 0) is 19.1 Å². The highest BCUT2D eigenvalue weighted by Gasteiger charge is 2.09. The van der Waals surface area contributed by atoms with E-state index in [9.17, 15) is 14.7 Å². The zero-order chi connectivity index (χ0) is 12.1. The second kappa shape index (κ2) is 5.27. The second-order valence-electron chi connectivity index (χ2n) is 3.46. The Labute approximate surface area is 93.3 Å². The highest BCUT2D eigenvalue weighted by atomic mass is 16.4. The van der Waals surface area contributed by atoms with Crippen LogP contribution in [0.15, 0.2) is 24.3 Å². The lowest BCUT2D eigenvalue weighted by Crippen LogP contribution is -2.47. The Balaban J connectivity index is 2.69. The fourth-order valence-electron chi connectivity index (χ4n) is 1.16. The lowest BCUT2D eigenvalue weighted by molar-refractivity contribution is -0.386. The fourth-order valence-corrected chi connectivity index (χ4v) is 1.16. The molecule has 16 heavy (non-hydrogen) atoms. The van der Waals surface area contributed by atoms with Gasteiger partial charge < -0.3 is 21.0 Å². The maximum atomic E-state index is 11.5. The molecule has 0 fully saturated rings. The van der Waals surface area contributed by atoms with Crippen molar-refractivity contribution in [1.82, 2.24) is 5.32 Å². The molecule has 0 aliphatic carbocycles. The number of nitrogens with one attached hydrogen (secondary N) is 1. The topological polar surface area (TPSA) is 96.9 Å². The van der Waals surface area contributed by atoms with Crippen molar-refractivity contribution in [3.63, 3.8) is 0 Å². The van der Waals surface area contributed by atoms with Gasteiger partial charge in [0, 0.05) is 11.1 Å². The molecule has 0 aromatic heterocycles. The van der Waals surface area contributed by atoms with Crippen molar-refractivity contribution in [2.75, 3.05) is 0 Å². The minimum Gasteiger partial charge on any atom is -0.548 e. The number of carboxylic acid groups (broad SMARTS) is 1. The SMILES string of the molecule is C[C@@H](NC(=O)c1ccc(C[NH3+])cc1)C(=O)[O-]. The van der Waals surface area contributed by atoms with E-state index in [-0.39, 0.29) is 0 Å². The molecule has 1 atom stereocenters. The van der Waals surface area contributed by atoms with Gasteiger partial charge in [0.05, 0.1) is 18.6 Å². The Morgan fingerprint density at radius 1 is 1.38 bits per heavy atom. The minimum absolute atomic E-state index is 0.422. The monoisotopic (exact) mass is 222 g/mol. The van der Waals surface area contributed by atoms with Crippen LogP contribution in [-0.4, -0.2) is 17.9 Å². The average Bonchev–Trinajstić information content (AvgIpc) is 2.28. The highest BCUT2D eigenvalue weighted by Crippen LogP contribution is 2.03. The van der Waals surface area contributed by atoms with Crippen molar-refractivity contribution in [3.8, 4) is 0 Å². The second-order valence-corrected chi connectivity index (χ2v) is 3.46. The zero-order valence-electron chi connectivity index (χ0n) is 9.03. The first kappa shape index (κ1) is 12.2. The molecule has 1 amide bonds. The van der Waals surface area contributed by atoms with Crippen LogP contribution in [-0.2, 0) is 11.3 Å². The van der Waals surface area contributed by atoms with E-state index in [1.54, 1.807) is 24.3 Å². The van der Waals surface area contributed by atoms with Gasteiger partial charge in [0.15, 0.2) is 0 Å². The van der Waals surface area contributed by atoms with Gasteiger partial charge in [-0.15, -0.1) is 0 Å². The van der Waals surface area contributed by atoms with Gasteiger partial charge in [0.1, 0.15) is 0 Å². The molecule has 1 aromatic rings. The van der Waals surface area contributed by atoms with Crippen molar-refractivity contribution in [3.05, 3.63) is 35.4 Å². The molecular weight excluding hydrogens is 208 g/mol. The van der Waals surface area contributed by atoms with Crippen molar-refractivity contribution < 1.29 is 20.4 Å². The van der Waals surface area contributed by atoms with Crippen LogP contribution >= 0.6 is 0 Å². The molecule has 0 saturated carbocycles. The van der Waals surface area contributed by atoms with Crippen LogP contribution in [0.5, 0.6) is 0 Å². The summed E-state index contributed by atoms with van der Waals surface area (Å²) in [6, 6.07) is 5.84. The van der Waals surface area contributed by atoms with Gasteiger partial charge in [-0.1, -0.05) is 12.1 Å². The maximum Gasteiger partial charge on any atom is 0.251 e. The van der Waals surface area contributed by atoms with Gasteiger partial charge in [-0.25, -0.2) is 0 Å². The Morgan fingerprint density at radius 2 is 1.94 bits per heavy atom. The molecule has 1 rings (SSSR count). The van der Waals surface area contributed by atoms with E-state index in [4.69, 9.17) is 0 Å². The summed E-state index contributed by atoms with van der Waals surface area (Å²) in [7, 11) is 0. The highest BCUT2D eigenvalue weighted by molar-refractivity contribution is 5.96. The van der Waals surface area contributed by atoms with Crippen LogP contribution in [0.25, 0.3) is 0 Å². The van der Waals surface area contributed by atoms with Gasteiger partial charge in [-0.3, -0.25) is 4.79 Å². The summed E-state index contributed by atoms with van der Waals surface area (Å²) >= 11 is 0. The fraction of sp³-hybridized carbons (Fsp3) is 0.273. The van der Waals surface area contributed by atoms with Crippen LogP contribution in [0.2, 0.25) is 0 Å². The molecule has 0 spiro atoms. The van der Waals surface area contributed by atoms with Gasteiger partial charge in [0.25, 0.3) is 5.91 Å². The number of carboxylic acids is 1. The van der Waals surface area contributed by atoms with Crippen LogP contribution in [0.3, 0.4) is 0 Å². The number of carbonyl (C=O) groups excluding carboxylic acids is 2. The number of rotatable bonds is 4. The number of quaternary nitrogens is 1. The number of aliphatic carboxylic acids is 1. The Hall–Kier alpha value is -1.88. The quantitative estimate of drug-likeness (QED) is 0.635. The third kappa shape index (κ3) is 3.06. The van der Waals surface area contributed by atoms with Gasteiger partial charge in [0.2, 0.25) is 0 Å². The molecule has 0 unspecified atom stereocenters. The van der Waals surface area contributed by atoms with Crippen molar-refractivity contribution >= 4 is 11.9 Å². The van der Waals surface area contributed by atoms with Crippen molar-refractivity contribution in [2.24, 2.45) is 0 Å². The van der Waals surface area contributed by atoms with Crippen LogP contribution in [0.1, 0.15) is 22.8 Å². The minimum atomic E-state index is -1.30. The zero-order valence-corrected chi connectivity index (χ0v) is 9.03. The van der Waals surface area contributed by atoms with E-state index in [1.807, 2.05) is 0 Å². The Kier molecular flexibility index (Phi) is 4.02. The first-order valence-corrected chi connectivity index (χ1v) is 4.94. The summed E-state index contributed by atoms with van der Waals surface area (Å²) in [6.45, 7) is 2.01. The summed E-state index contributed by atoms with van der Waals surface area (Å²) in [5, 5.41) is 12.7. The Bertz CT molecular complexity index is 387. The molecule has 1 aromatic carbocycles. The van der Waals surface area contributed by atoms with Crippen LogP contribution < -0.4 is 16.2 Å². The number of hydrogen-bond donors (Lipinski definition) is 2. The first-order valence-electron chi connectivity index (χ1n) is 4.94. The third-order valence-corrected chi connectivity index (χ3v) is 2.21. The number of hydrogen-bond acceptors (Lipinski definition) is 3. The number of carbonyl (C=O) groups is 2. The molecule has 86 valence electrons. The van der Waals surface area contributed by atoms with Gasteiger partial charge >= 0.3 is 0 Å². The van der Waals surface area contributed by atoms with Crippen LogP contribution in [0.4, 0.5) is 0 Å². The first-order chi connectivity index (χ1) is 7.54. The normalized spacial score (nSPS) is 11.9. The van der Waals surface area contributed by atoms with E-state index in [0.29, 0.717) is 12.1 Å². The summed E-state index contributed by atoms with van der Waals surface area (Å²) in [5.41, 5.74) is 5.16. The van der Waals surface area contributed by atoms with Crippen LogP contribution in [0, 0.1) is 0 Å². The predicted octanol–water partition coefficient (Wildman–Crippen LogP) is -1.70. The van der Waals surface area contributed by atoms with E-state index in [1.165, 1.54) is 6.92 Å².